The molecule has 0 aromatic rings. The molecule has 1 saturated heterocycles. The number of hydrogen-bond acceptors (Lipinski definition) is 6. The highest BCUT2D eigenvalue weighted by Crippen LogP contribution is 2.33. The Morgan fingerprint density at radius 2 is 2.37 bits per heavy atom. The minimum absolute atomic E-state index is 0.135. The van der Waals surface area contributed by atoms with E-state index in [1.165, 1.54) is 12.3 Å². The molecule has 2 amide bonds. The van der Waals surface area contributed by atoms with Crippen LogP contribution in [-0.2, 0) is 14.3 Å². The van der Waals surface area contributed by atoms with Crippen LogP contribution < -0.4 is 11.1 Å². The molecule has 4 N–H and O–H groups in total. The van der Waals surface area contributed by atoms with E-state index in [0.717, 1.165) is 0 Å². The first-order valence-electron chi connectivity index (χ1n) is 6.17. The zero-order chi connectivity index (χ0) is 14.5. The number of aliphatic hydroxyl groups is 1. The van der Waals surface area contributed by atoms with Gasteiger partial charge in [-0.2, -0.15) is 0 Å². The highest BCUT2D eigenvalue weighted by atomic mass is 16.5. The number of carbonyl (C=O) groups excluding carboxylic acids is 2. The van der Waals surface area contributed by atoms with Gasteiger partial charge < -0.3 is 20.5 Å². The molecule has 1 aliphatic heterocycles. The Kier molecular flexibility index (Phi) is 5.46. The number of ether oxygens (including phenoxy) is 1. The fourth-order valence-corrected chi connectivity index (χ4v) is 2.09. The van der Waals surface area contributed by atoms with E-state index >= 15 is 0 Å². The molecular formula is C12H21N3O4. The number of nitrogens with zero attached hydrogens (tertiary/aromatic N) is 1. The normalized spacial score (nSPS) is 30.5. The van der Waals surface area contributed by atoms with Crippen molar-refractivity contribution in [3.8, 4) is 0 Å². The standard InChI is InChI=1S/C12H21N3O4/c1-3-12(7-16)9(13)6-11(19-12)15(2)5-4-10(18)14-8-17/h4-5,8-9,11,16H,3,6-7,13H2,1-2H3,(H,14,17,18)/b5-4-/t9-,11?,12+/m0/s1. The lowest BCUT2D eigenvalue weighted by Crippen LogP contribution is -2.47. The molecule has 7 heteroatoms. The summed E-state index contributed by atoms with van der Waals surface area (Å²) < 4.78 is 5.81. The van der Waals surface area contributed by atoms with Crippen LogP contribution in [-0.4, -0.2) is 53.8 Å². The SMILES string of the molecule is CC[C@]1(CO)OC(N(C)/C=C\C(=O)NC=O)C[C@@H]1N. The number of hydrogen-bond donors (Lipinski definition) is 3. The molecule has 1 heterocycles. The second kappa shape index (κ2) is 6.65. The van der Waals surface area contributed by atoms with Crippen molar-refractivity contribution < 1.29 is 19.4 Å². The minimum atomic E-state index is -0.724. The first-order valence-corrected chi connectivity index (χ1v) is 6.17. The van der Waals surface area contributed by atoms with Crippen molar-refractivity contribution in [2.75, 3.05) is 13.7 Å². The predicted molar refractivity (Wildman–Crippen MR) is 68.7 cm³/mol. The highest BCUT2D eigenvalue weighted by molar-refractivity contribution is 5.94. The fraction of sp³-hybridized carbons (Fsp3) is 0.667. The summed E-state index contributed by atoms with van der Waals surface area (Å²) in [5, 5.41) is 11.4. The van der Waals surface area contributed by atoms with Crippen LogP contribution in [0.25, 0.3) is 0 Å². The van der Waals surface area contributed by atoms with E-state index in [4.69, 9.17) is 10.5 Å². The topological polar surface area (TPSA) is 105 Å². The van der Waals surface area contributed by atoms with E-state index in [-0.39, 0.29) is 18.9 Å². The van der Waals surface area contributed by atoms with Crippen molar-refractivity contribution in [3.05, 3.63) is 12.3 Å². The maximum absolute atomic E-state index is 11.1. The van der Waals surface area contributed by atoms with Crippen LogP contribution >= 0.6 is 0 Å². The van der Waals surface area contributed by atoms with E-state index in [9.17, 15) is 14.7 Å². The summed E-state index contributed by atoms with van der Waals surface area (Å²) in [5.41, 5.74) is 5.28. The zero-order valence-corrected chi connectivity index (χ0v) is 11.2. The van der Waals surface area contributed by atoms with Crippen molar-refractivity contribution in [3.63, 3.8) is 0 Å². The third-order valence-corrected chi connectivity index (χ3v) is 3.48. The third-order valence-electron chi connectivity index (χ3n) is 3.48. The first-order chi connectivity index (χ1) is 8.99. The van der Waals surface area contributed by atoms with Crippen molar-refractivity contribution in [1.82, 2.24) is 10.2 Å². The lowest BCUT2D eigenvalue weighted by atomic mass is 9.93. The van der Waals surface area contributed by atoms with Gasteiger partial charge in [0.1, 0.15) is 11.8 Å². The molecule has 0 aliphatic carbocycles. The Bertz CT molecular complexity index is 355. The molecule has 19 heavy (non-hydrogen) atoms. The number of imide groups is 1. The lowest BCUT2D eigenvalue weighted by molar-refractivity contribution is -0.122. The average molecular weight is 271 g/mol. The average Bonchev–Trinajstić information content (AvgIpc) is 2.74. The van der Waals surface area contributed by atoms with Gasteiger partial charge in [0.15, 0.2) is 0 Å². The van der Waals surface area contributed by atoms with Gasteiger partial charge >= 0.3 is 0 Å². The van der Waals surface area contributed by atoms with Crippen LogP contribution in [0.15, 0.2) is 12.3 Å². The van der Waals surface area contributed by atoms with E-state index in [1.54, 1.807) is 11.9 Å². The molecule has 0 spiro atoms. The van der Waals surface area contributed by atoms with Gasteiger partial charge in [-0.25, -0.2) is 0 Å². The van der Waals surface area contributed by atoms with Crippen molar-refractivity contribution >= 4 is 12.3 Å². The van der Waals surface area contributed by atoms with Crippen LogP contribution in [0.5, 0.6) is 0 Å². The molecule has 7 nitrogen and oxygen atoms in total. The number of rotatable bonds is 6. The Hall–Kier alpha value is -1.44. The Labute approximate surface area is 112 Å². The number of aliphatic hydroxyl groups excluding tert-OH is 1. The number of nitrogens with one attached hydrogen (secondary N) is 1. The molecule has 0 radical (unpaired) electrons. The quantitative estimate of drug-likeness (QED) is 0.419. The minimum Gasteiger partial charge on any atom is -0.393 e. The van der Waals surface area contributed by atoms with Crippen molar-refractivity contribution in [2.45, 2.75) is 37.6 Å². The van der Waals surface area contributed by atoms with Crippen LogP contribution in [0.1, 0.15) is 19.8 Å². The van der Waals surface area contributed by atoms with Crippen LogP contribution in [0.4, 0.5) is 0 Å². The lowest BCUT2D eigenvalue weighted by Gasteiger charge is -2.30. The van der Waals surface area contributed by atoms with Crippen molar-refractivity contribution in [2.24, 2.45) is 5.73 Å². The first kappa shape index (κ1) is 15.6. The second-order valence-corrected chi connectivity index (χ2v) is 4.60. The van der Waals surface area contributed by atoms with Gasteiger partial charge in [-0.05, 0) is 6.42 Å². The molecular weight excluding hydrogens is 250 g/mol. The number of nitrogens with two attached hydrogens (primary N) is 1. The summed E-state index contributed by atoms with van der Waals surface area (Å²) in [5.74, 6) is -0.506. The fourth-order valence-electron chi connectivity index (χ4n) is 2.09. The summed E-state index contributed by atoms with van der Waals surface area (Å²) in [4.78, 5) is 22.9. The molecule has 108 valence electrons. The Balaban J connectivity index is 2.63. The van der Waals surface area contributed by atoms with Gasteiger partial charge in [-0.1, -0.05) is 6.92 Å². The number of carbonyl (C=O) groups is 2. The van der Waals surface area contributed by atoms with Gasteiger partial charge in [-0.3, -0.25) is 14.9 Å². The van der Waals surface area contributed by atoms with Gasteiger partial charge in [-0.15, -0.1) is 0 Å². The molecule has 0 bridgehead atoms. The summed E-state index contributed by atoms with van der Waals surface area (Å²) in [6.07, 6.45) is 3.94. The summed E-state index contributed by atoms with van der Waals surface area (Å²) in [7, 11) is 1.74. The molecule has 0 aromatic heterocycles. The maximum Gasteiger partial charge on any atom is 0.251 e. The van der Waals surface area contributed by atoms with Crippen LogP contribution in [0, 0.1) is 0 Å². The molecule has 1 aliphatic rings. The third kappa shape index (κ3) is 3.52. The smallest absolute Gasteiger partial charge is 0.251 e. The Morgan fingerprint density at radius 1 is 1.68 bits per heavy atom. The second-order valence-electron chi connectivity index (χ2n) is 4.60. The Morgan fingerprint density at radius 3 is 2.84 bits per heavy atom. The largest absolute Gasteiger partial charge is 0.393 e. The predicted octanol–water partition coefficient (Wildman–Crippen LogP) is -1.08. The van der Waals surface area contributed by atoms with E-state index in [0.29, 0.717) is 19.3 Å². The van der Waals surface area contributed by atoms with Crippen molar-refractivity contribution in [1.29, 1.82) is 0 Å². The molecule has 1 rings (SSSR count). The summed E-state index contributed by atoms with van der Waals surface area (Å²) >= 11 is 0. The zero-order valence-electron chi connectivity index (χ0n) is 11.2. The monoisotopic (exact) mass is 271 g/mol. The van der Waals surface area contributed by atoms with Gasteiger partial charge in [0.2, 0.25) is 6.41 Å². The van der Waals surface area contributed by atoms with Crippen LogP contribution in [0.3, 0.4) is 0 Å². The molecule has 1 fully saturated rings. The maximum atomic E-state index is 11.1. The van der Waals surface area contributed by atoms with Gasteiger partial charge in [0.05, 0.1) is 6.61 Å². The van der Waals surface area contributed by atoms with Gasteiger partial charge in [0.25, 0.3) is 5.91 Å². The number of amides is 2. The highest BCUT2D eigenvalue weighted by Gasteiger charge is 2.46. The molecule has 3 atom stereocenters. The van der Waals surface area contributed by atoms with Gasteiger partial charge in [0, 0.05) is 31.8 Å². The van der Waals surface area contributed by atoms with Crippen LogP contribution in [0.2, 0.25) is 0 Å². The molecule has 0 saturated carbocycles. The summed E-state index contributed by atoms with van der Waals surface area (Å²) in [6, 6.07) is -0.257. The molecule has 1 unspecified atom stereocenters. The van der Waals surface area contributed by atoms with E-state index in [2.05, 4.69) is 0 Å². The van der Waals surface area contributed by atoms with E-state index in [1.807, 2.05) is 12.2 Å². The summed E-state index contributed by atoms with van der Waals surface area (Å²) in [6.45, 7) is 1.77. The van der Waals surface area contributed by atoms with E-state index < -0.39 is 11.5 Å². The molecule has 0 aromatic carbocycles.